The largest absolute Gasteiger partial charge is 0.497 e. The highest BCUT2D eigenvalue weighted by Gasteiger charge is 2.58. The average Bonchev–Trinajstić information content (AvgIpc) is 0.766. The summed E-state index contributed by atoms with van der Waals surface area (Å²) in [6.07, 6.45) is -18.0. The minimum atomic E-state index is -2.76. The number of halogens is 3. The van der Waals surface area contributed by atoms with Crippen molar-refractivity contribution in [1.82, 2.24) is 0 Å². The van der Waals surface area contributed by atoms with Gasteiger partial charge in [-0.15, -0.1) is 0 Å². The zero-order valence-corrected chi connectivity index (χ0v) is 79.2. The van der Waals surface area contributed by atoms with Gasteiger partial charge < -0.3 is 113 Å². The molecule has 3 fully saturated rings. The number of hydrogen-bond acceptors (Lipinski definition) is 25. The number of rotatable bonds is 47. The third kappa shape index (κ3) is 27.5. The lowest BCUT2D eigenvalue weighted by atomic mass is 9.95. The van der Waals surface area contributed by atoms with Crippen molar-refractivity contribution >= 4 is 57.3 Å². The predicted molar refractivity (Wildman–Crippen MR) is 485 cm³/mol. The van der Waals surface area contributed by atoms with Crippen LogP contribution in [-0.4, -0.2) is 195 Å². The molecule has 3 heterocycles. The zero-order chi connectivity index (χ0) is 90.0. The van der Waals surface area contributed by atoms with Crippen molar-refractivity contribution in [3.63, 3.8) is 0 Å². The number of ether oxygens (including phenoxy) is 22. The van der Waals surface area contributed by atoms with Gasteiger partial charge in [0.15, 0.2) is 29.2 Å². The molecule has 0 aromatic heterocycles. The molecule has 8 aromatic carbocycles. The molecule has 0 aliphatic carbocycles. The summed E-state index contributed by atoms with van der Waals surface area (Å²) < 4.78 is 161. The monoisotopic (exact) mass is 1840 g/mol. The molecule has 30 heteroatoms. The van der Waals surface area contributed by atoms with Crippen LogP contribution in [0.15, 0.2) is 194 Å². The number of alkyl halides is 3. The van der Waals surface area contributed by atoms with Gasteiger partial charge in [-0.25, -0.2) is 0 Å². The van der Waals surface area contributed by atoms with Crippen molar-refractivity contribution in [2.45, 2.75) is 227 Å². The quantitative estimate of drug-likeness (QED) is 0.0161. The summed E-state index contributed by atoms with van der Waals surface area (Å²) in [6, 6.07) is 62.9. The molecule has 0 radical (unpaired) electrons. The second-order valence-electron chi connectivity index (χ2n) is 32.6. The Morgan fingerprint density at radius 1 is 0.317 bits per heavy atom. The lowest BCUT2D eigenvalue weighted by Crippen LogP contribution is -2.67. The molecule has 15 atom stereocenters. The van der Waals surface area contributed by atoms with E-state index in [0.29, 0.717) is 64.1 Å². The van der Waals surface area contributed by atoms with E-state index in [-0.39, 0.29) is 71.1 Å². The van der Waals surface area contributed by atoms with E-state index in [0.717, 1.165) is 44.5 Å². The van der Waals surface area contributed by atoms with Crippen LogP contribution in [0.2, 0.25) is 36.3 Å². The Bertz CT molecular complexity index is 4510. The molecule has 126 heavy (non-hydrogen) atoms. The van der Waals surface area contributed by atoms with Gasteiger partial charge in [0.1, 0.15) is 119 Å². The van der Waals surface area contributed by atoms with Crippen LogP contribution >= 0.6 is 34.8 Å². The molecule has 686 valence electrons. The van der Waals surface area contributed by atoms with E-state index in [2.05, 4.69) is 54.6 Å². The van der Waals surface area contributed by atoms with E-state index < -0.39 is 125 Å². The Morgan fingerprint density at radius 3 is 0.881 bits per heavy atom. The standard InChI is InChI=1S/C96H124Cl3NO24Si2/c1-17-126(18-2,19-3)124-90-87(115-58-69-32-48-77(107-13)49-33-69)83(111-54-65-24-40-73(103-9)41-25-65)80(120-93(90)123-94(100)96(97,98)99)61-117-91-89(86(114-57-68-30-46-76(106-12)47-31-68)82(110-53-64-22-38-72(102-8)39-23-64)79(119-91)60-109-52-63-20-36-71(101-7)37-21-63)122-92-88(116-59-70-34-50-78(108-14)51-35-70)85(113-56-67-28-44-75(105-11)45-29-67)84(112-55-66-26-42-74(104-10)43-27-66)81(121-92)62-118-125(15,16)95(4,5)6/h20-51,79-93,100H,17-19,52-62H2,1-16H3/t79-,80-,81-,82-,83-,84-,85+,86+,87+,88+,89+,90+,91+,92-,93-/m1/s1. The fourth-order valence-electron chi connectivity index (χ4n) is 14.7. The van der Waals surface area contributed by atoms with Crippen LogP contribution in [-0.2, 0) is 128 Å². The highest BCUT2D eigenvalue weighted by molar-refractivity contribution is 6.76. The summed E-state index contributed by atoms with van der Waals surface area (Å²) in [4.78, 5) is 0. The summed E-state index contributed by atoms with van der Waals surface area (Å²) in [6.45, 7) is 17.0. The van der Waals surface area contributed by atoms with Crippen LogP contribution in [0.5, 0.6) is 46.0 Å². The molecule has 0 bridgehead atoms. The molecule has 11 rings (SSSR count). The molecule has 25 nitrogen and oxygen atoms in total. The molecule has 0 amide bonds. The highest BCUT2D eigenvalue weighted by Crippen LogP contribution is 2.43. The Morgan fingerprint density at radius 2 is 0.579 bits per heavy atom. The van der Waals surface area contributed by atoms with Crippen LogP contribution in [0.25, 0.3) is 0 Å². The van der Waals surface area contributed by atoms with E-state index in [1.807, 2.05) is 194 Å². The van der Waals surface area contributed by atoms with E-state index in [9.17, 15) is 5.41 Å². The number of nitrogens with one attached hydrogen (secondary N) is 1. The van der Waals surface area contributed by atoms with Gasteiger partial charge in [-0.1, -0.05) is 173 Å². The summed E-state index contributed by atoms with van der Waals surface area (Å²) in [5, 5.41) is 9.07. The third-order valence-corrected chi connectivity index (χ3v) is 33.3. The molecular formula is C96H124Cl3NO24Si2. The smallest absolute Gasteiger partial charge is 0.265 e. The van der Waals surface area contributed by atoms with Crippen LogP contribution in [0.3, 0.4) is 0 Å². The first kappa shape index (κ1) is 98.9. The lowest BCUT2D eigenvalue weighted by molar-refractivity contribution is -0.386. The van der Waals surface area contributed by atoms with Crippen molar-refractivity contribution in [3.05, 3.63) is 239 Å². The molecule has 0 unspecified atom stereocenters. The predicted octanol–water partition coefficient (Wildman–Crippen LogP) is 18.7. The van der Waals surface area contributed by atoms with Gasteiger partial charge >= 0.3 is 0 Å². The molecule has 0 saturated carbocycles. The first-order valence-corrected chi connectivity index (χ1v) is 49.1. The minimum Gasteiger partial charge on any atom is -0.497 e. The number of benzene rings is 8. The third-order valence-electron chi connectivity index (χ3n) is 23.6. The Labute approximate surface area is 759 Å². The first-order valence-electron chi connectivity index (χ1n) is 42.6. The molecule has 0 spiro atoms. The zero-order valence-electron chi connectivity index (χ0n) is 75.0. The van der Waals surface area contributed by atoms with Crippen LogP contribution in [0.1, 0.15) is 86.1 Å². The topological polar surface area (TPSA) is 245 Å². The first-order chi connectivity index (χ1) is 60.7. The normalized spacial score (nSPS) is 22.9. The Hall–Kier alpha value is -7.67. The summed E-state index contributed by atoms with van der Waals surface area (Å²) in [7, 11) is 7.51. The van der Waals surface area contributed by atoms with Gasteiger partial charge in [0.25, 0.3) is 3.79 Å². The fraction of sp³-hybridized carbons (Fsp3) is 0.490. The van der Waals surface area contributed by atoms with E-state index in [1.54, 1.807) is 56.9 Å². The molecule has 3 aliphatic rings. The molecule has 3 saturated heterocycles. The van der Waals surface area contributed by atoms with Gasteiger partial charge in [0.2, 0.25) is 12.2 Å². The van der Waals surface area contributed by atoms with E-state index in [4.69, 9.17) is 148 Å². The maximum atomic E-state index is 9.33. The van der Waals surface area contributed by atoms with Crippen molar-refractivity contribution in [1.29, 1.82) is 5.41 Å². The van der Waals surface area contributed by atoms with Gasteiger partial charge in [0, 0.05) is 0 Å². The lowest BCUT2D eigenvalue weighted by Gasteiger charge is -2.51. The van der Waals surface area contributed by atoms with E-state index >= 15 is 0 Å². The second kappa shape index (κ2) is 47.8. The van der Waals surface area contributed by atoms with Crippen molar-refractivity contribution < 1.29 is 113 Å². The maximum absolute atomic E-state index is 9.33. The van der Waals surface area contributed by atoms with Gasteiger partial charge in [0.05, 0.1) is 130 Å². The molecule has 8 aromatic rings. The van der Waals surface area contributed by atoms with Gasteiger partial charge in [-0.2, -0.15) is 0 Å². The minimum absolute atomic E-state index is 0.00297. The SMILES string of the molecule is CC[Si](CC)(CC)O[C@@H]1[C@@H](OC(=N)C(Cl)(Cl)Cl)O[C@H](CO[C@H]2O[C@H](COCc3ccc(OC)cc3)[C@@H](OCc3ccc(OC)cc3)[C@H](OCc3ccc(OC)cc3)[C@@H]2O[C@H]2O[C@H](CO[Si](C)(C)C(C)(C)C)[C@@H](OCc3ccc(OC)cc3)[C@H](OCc3ccc(OC)cc3)[C@@H]2OCc2ccc(OC)cc2)[C@@H](OCc2ccc(OC)cc2)[C@@H]1OCc1ccc(OC)cc1. The van der Waals surface area contributed by atoms with Gasteiger partial charge in [-0.05, 0) is 178 Å². The maximum Gasteiger partial charge on any atom is 0.265 e. The van der Waals surface area contributed by atoms with Crippen molar-refractivity contribution in [3.8, 4) is 46.0 Å². The molecule has 3 aliphatic heterocycles. The summed E-state index contributed by atoms with van der Waals surface area (Å²) >= 11 is 19.9. The van der Waals surface area contributed by atoms with Crippen molar-refractivity contribution in [2.24, 2.45) is 0 Å². The molecule has 1 N–H and O–H groups in total. The van der Waals surface area contributed by atoms with Crippen LogP contribution < -0.4 is 37.9 Å². The van der Waals surface area contributed by atoms with Gasteiger partial charge in [-0.3, -0.25) is 5.41 Å². The van der Waals surface area contributed by atoms with Crippen LogP contribution in [0, 0.1) is 5.41 Å². The number of methoxy groups -OCH3 is 8. The van der Waals surface area contributed by atoms with Crippen LogP contribution in [0.4, 0.5) is 0 Å². The Balaban J connectivity index is 1.12. The summed E-state index contributed by atoms with van der Waals surface area (Å²) in [5.41, 5.74) is 6.40. The average molecular weight is 1840 g/mol. The number of hydrogen-bond donors (Lipinski definition) is 1. The highest BCUT2D eigenvalue weighted by atomic mass is 35.6. The molecular weight excluding hydrogens is 1710 g/mol. The van der Waals surface area contributed by atoms with Crippen molar-refractivity contribution in [2.75, 3.05) is 76.7 Å². The summed E-state index contributed by atoms with van der Waals surface area (Å²) in [5.74, 6) is 4.49. The second-order valence-corrected chi connectivity index (χ2v) is 44.4. The fourth-order valence-corrected chi connectivity index (χ4v) is 18.7. The Kier molecular flexibility index (Phi) is 37.5. The van der Waals surface area contributed by atoms with E-state index in [1.165, 1.54) is 0 Å².